The number of aromatic nitrogens is 2. The van der Waals surface area contributed by atoms with Crippen LogP contribution in [0.2, 0.25) is 0 Å². The van der Waals surface area contributed by atoms with Crippen LogP contribution in [0.1, 0.15) is 28.2 Å². The highest BCUT2D eigenvalue weighted by Crippen LogP contribution is 2.64. The van der Waals surface area contributed by atoms with Gasteiger partial charge in [0, 0.05) is 32.8 Å². The first-order chi connectivity index (χ1) is 23.8. The topological polar surface area (TPSA) is 25.8 Å². The zero-order valence-electron chi connectivity index (χ0n) is 26.0. The Morgan fingerprint density at radius 1 is 0.583 bits per heavy atom. The molecule has 0 N–H and O–H groups in total. The van der Waals surface area contributed by atoms with E-state index in [9.17, 15) is 0 Å². The van der Waals surface area contributed by atoms with E-state index in [-0.39, 0.29) is 5.41 Å². The zero-order chi connectivity index (χ0) is 31.7. The van der Waals surface area contributed by atoms with Crippen LogP contribution in [0.25, 0.3) is 44.7 Å². The lowest BCUT2D eigenvalue weighted by molar-refractivity contribution is 0.442. The summed E-state index contributed by atoms with van der Waals surface area (Å²) in [5.41, 5.74) is 11.5. The summed E-state index contributed by atoms with van der Waals surface area (Å²) >= 11 is 1.90. The molecule has 2 aliphatic carbocycles. The minimum Gasteiger partial charge on any atom is -0.227 e. The summed E-state index contributed by atoms with van der Waals surface area (Å²) in [7, 11) is 0. The molecule has 0 bridgehead atoms. The molecule has 0 fully saturated rings. The van der Waals surface area contributed by atoms with Crippen molar-refractivity contribution in [3.8, 4) is 33.8 Å². The average Bonchev–Trinajstić information content (AvgIpc) is 3.45. The number of hydrogen-bond donors (Lipinski definition) is 0. The lowest BCUT2D eigenvalue weighted by atomic mass is 9.63. The maximum atomic E-state index is 5.05. The van der Waals surface area contributed by atoms with Gasteiger partial charge in [0.1, 0.15) is 0 Å². The van der Waals surface area contributed by atoms with Crippen LogP contribution in [-0.4, -0.2) is 9.97 Å². The molecule has 6 aromatic carbocycles. The Morgan fingerprint density at radius 3 is 2.06 bits per heavy atom. The summed E-state index contributed by atoms with van der Waals surface area (Å²) in [6, 6.07) is 54.5. The highest BCUT2D eigenvalue weighted by Gasteiger charge is 2.55. The number of nitrogens with zero attached hydrogens (tertiary/aromatic N) is 2. The van der Waals surface area contributed by atoms with Crippen molar-refractivity contribution in [2.24, 2.45) is 5.92 Å². The third-order valence-corrected chi connectivity index (χ3v) is 11.5. The summed E-state index contributed by atoms with van der Waals surface area (Å²) in [4.78, 5) is 12.6. The third kappa shape index (κ3) is 3.97. The van der Waals surface area contributed by atoms with Crippen LogP contribution in [0.4, 0.5) is 0 Å². The third-order valence-electron chi connectivity index (χ3n) is 10.3. The molecule has 3 aliphatic rings. The number of hydrogen-bond acceptors (Lipinski definition) is 3. The molecule has 2 heterocycles. The van der Waals surface area contributed by atoms with Crippen molar-refractivity contribution in [3.63, 3.8) is 0 Å². The van der Waals surface area contributed by atoms with Gasteiger partial charge in [-0.15, -0.1) is 0 Å². The van der Waals surface area contributed by atoms with E-state index in [4.69, 9.17) is 9.97 Å². The average molecular weight is 629 g/mol. The molecular weight excluding hydrogens is 601 g/mol. The first kappa shape index (κ1) is 27.4. The Labute approximate surface area is 284 Å². The largest absolute Gasteiger partial charge is 0.227 e. The first-order valence-electron chi connectivity index (χ1n) is 16.4. The summed E-state index contributed by atoms with van der Waals surface area (Å²) in [6.45, 7) is 0. The van der Waals surface area contributed by atoms with E-state index in [1.54, 1.807) is 0 Å². The predicted octanol–water partition coefficient (Wildman–Crippen LogP) is 10.9. The quantitative estimate of drug-likeness (QED) is 0.195. The highest BCUT2D eigenvalue weighted by atomic mass is 32.2. The Balaban J connectivity index is 1.13. The van der Waals surface area contributed by atoms with Gasteiger partial charge in [0.25, 0.3) is 0 Å². The Kier molecular flexibility index (Phi) is 6.10. The molecule has 3 heteroatoms. The highest BCUT2D eigenvalue weighted by molar-refractivity contribution is 7.99. The fraction of sp³-hybridized carbons (Fsp3) is 0.0667. The van der Waals surface area contributed by atoms with E-state index in [0.717, 1.165) is 27.7 Å². The van der Waals surface area contributed by atoms with Gasteiger partial charge < -0.3 is 0 Å². The monoisotopic (exact) mass is 628 g/mol. The smallest absolute Gasteiger partial charge is 0.160 e. The van der Waals surface area contributed by atoms with Crippen LogP contribution >= 0.6 is 11.8 Å². The van der Waals surface area contributed by atoms with Crippen molar-refractivity contribution >= 4 is 22.7 Å². The summed E-state index contributed by atoms with van der Waals surface area (Å²) < 4.78 is 0. The van der Waals surface area contributed by atoms with Gasteiger partial charge >= 0.3 is 0 Å². The van der Waals surface area contributed by atoms with E-state index in [2.05, 4.69) is 140 Å². The molecule has 0 radical (unpaired) electrons. The number of rotatable bonds is 3. The summed E-state index contributed by atoms with van der Waals surface area (Å²) in [5.74, 6) is 1.33. The second kappa shape index (κ2) is 10.7. The van der Waals surface area contributed by atoms with Crippen LogP contribution in [0.5, 0.6) is 0 Å². The summed E-state index contributed by atoms with van der Waals surface area (Å²) in [6.07, 6.45) is 9.33. The van der Waals surface area contributed by atoms with Gasteiger partial charge in [0.15, 0.2) is 5.82 Å². The van der Waals surface area contributed by atoms with Crippen LogP contribution < -0.4 is 0 Å². The molecule has 2 atom stereocenters. The van der Waals surface area contributed by atoms with Gasteiger partial charge in [0.2, 0.25) is 0 Å². The molecule has 1 spiro atoms. The second-order valence-corrected chi connectivity index (χ2v) is 13.8. The lowest BCUT2D eigenvalue weighted by Crippen LogP contribution is -2.37. The second-order valence-electron chi connectivity index (χ2n) is 12.7. The minimum absolute atomic E-state index is 0.268. The molecule has 2 unspecified atom stereocenters. The van der Waals surface area contributed by atoms with Crippen molar-refractivity contribution in [2.45, 2.75) is 21.1 Å². The fourth-order valence-electron chi connectivity index (χ4n) is 8.24. The van der Waals surface area contributed by atoms with Crippen LogP contribution in [0.15, 0.2) is 168 Å². The Morgan fingerprint density at radius 2 is 1.27 bits per heavy atom. The molecule has 0 amide bonds. The van der Waals surface area contributed by atoms with Crippen molar-refractivity contribution in [1.82, 2.24) is 9.97 Å². The van der Waals surface area contributed by atoms with Gasteiger partial charge in [-0.3, -0.25) is 0 Å². The van der Waals surface area contributed by atoms with Gasteiger partial charge in [0.05, 0.1) is 22.0 Å². The van der Waals surface area contributed by atoms with Gasteiger partial charge in [-0.1, -0.05) is 151 Å². The maximum absolute atomic E-state index is 5.05. The molecule has 7 aromatic rings. The van der Waals surface area contributed by atoms with Crippen LogP contribution in [0, 0.1) is 18.1 Å². The molecule has 0 saturated heterocycles. The van der Waals surface area contributed by atoms with E-state index in [0.29, 0.717) is 17.7 Å². The molecule has 1 aromatic heterocycles. The van der Waals surface area contributed by atoms with Gasteiger partial charge in [-0.25, -0.2) is 9.97 Å². The molecule has 48 heavy (non-hydrogen) atoms. The SMILES string of the molecule is c1ccc2nc(-c3ccccc3)nc(-c3ccc(-c4ccc5c(c4)C4(c6ccccc6Sc6ccccc64)C4C=CC=CC54)cc3)c2c#1. The lowest BCUT2D eigenvalue weighted by Gasteiger charge is -2.43. The summed E-state index contributed by atoms with van der Waals surface area (Å²) in [5, 5.41) is 0.876. The fourth-order valence-corrected chi connectivity index (χ4v) is 9.45. The predicted molar refractivity (Wildman–Crippen MR) is 195 cm³/mol. The molecule has 10 rings (SSSR count). The molecule has 0 saturated carbocycles. The maximum Gasteiger partial charge on any atom is 0.160 e. The molecular formula is C45H28N2S. The van der Waals surface area contributed by atoms with Crippen molar-refractivity contribution in [1.29, 1.82) is 0 Å². The van der Waals surface area contributed by atoms with Crippen molar-refractivity contribution in [2.75, 3.05) is 0 Å². The Hall–Kier alpha value is -5.69. The number of fused-ring (bicyclic) bond motifs is 10. The molecule has 1 aliphatic heterocycles. The molecule has 224 valence electrons. The minimum atomic E-state index is -0.268. The molecule has 2 nitrogen and oxygen atoms in total. The van der Waals surface area contributed by atoms with Crippen LogP contribution in [0.3, 0.4) is 0 Å². The van der Waals surface area contributed by atoms with Crippen LogP contribution in [-0.2, 0) is 5.41 Å². The Bertz CT molecular complexity index is 2400. The van der Waals surface area contributed by atoms with E-state index < -0.39 is 0 Å². The number of allylic oxidation sites excluding steroid dienone is 4. The first-order valence-corrected chi connectivity index (χ1v) is 17.2. The van der Waals surface area contributed by atoms with Gasteiger partial charge in [-0.05, 0) is 63.7 Å². The van der Waals surface area contributed by atoms with Crippen molar-refractivity contribution in [3.05, 3.63) is 192 Å². The zero-order valence-corrected chi connectivity index (χ0v) is 26.8. The van der Waals surface area contributed by atoms with E-state index >= 15 is 0 Å². The standard InChI is InChI=1S/C45H28N2S/c1-2-12-31(13-3-1)44-46-40-19-9-5-15-35(40)43(47-44)30-24-22-29(23-25-30)32-26-27-34-33-14-4-6-16-36(33)45(39(34)28-32)37-17-7-10-20-41(37)48-42-21-11-8-18-38(42)45/h1-4,6-14,16-28,33,36H. The number of benzene rings is 5. The normalized spacial score (nSPS) is 17.8. The van der Waals surface area contributed by atoms with E-state index in [1.807, 2.05) is 42.1 Å². The van der Waals surface area contributed by atoms with Gasteiger partial charge in [-0.2, -0.15) is 0 Å². The van der Waals surface area contributed by atoms with Crippen molar-refractivity contribution < 1.29 is 0 Å². The van der Waals surface area contributed by atoms with E-state index in [1.165, 1.54) is 43.2 Å².